The zero-order chi connectivity index (χ0) is 17.0. The second-order valence-electron chi connectivity index (χ2n) is 5.18. The van der Waals surface area contributed by atoms with Crippen LogP contribution in [0.2, 0.25) is 0 Å². The summed E-state index contributed by atoms with van der Waals surface area (Å²) in [6.45, 7) is 3.94. The van der Waals surface area contributed by atoms with E-state index in [4.69, 9.17) is 0 Å². The number of likely N-dealkylation sites (tertiary alicyclic amines) is 1. The lowest BCUT2D eigenvalue weighted by molar-refractivity contribution is -0.111. The highest BCUT2D eigenvalue weighted by molar-refractivity contribution is 7.90. The number of carbonyl (C=O) groups excluding carboxylic acids is 2. The molecule has 1 heterocycles. The molecular formula is C15H19N3O4S. The van der Waals surface area contributed by atoms with Crippen molar-refractivity contribution >= 4 is 27.5 Å². The summed E-state index contributed by atoms with van der Waals surface area (Å²) in [5, 5.41) is 2.01. The molecule has 0 bridgehead atoms. The topological polar surface area (TPSA) is 95.6 Å². The maximum Gasteiger partial charge on any atom is 0.253 e. The van der Waals surface area contributed by atoms with Crippen molar-refractivity contribution in [1.29, 1.82) is 0 Å². The molecule has 1 unspecified atom stereocenters. The Morgan fingerprint density at radius 1 is 1.30 bits per heavy atom. The van der Waals surface area contributed by atoms with Crippen LogP contribution in [0.4, 0.5) is 5.69 Å². The lowest BCUT2D eigenvalue weighted by Crippen LogP contribution is -2.36. The number of benzene rings is 1. The highest BCUT2D eigenvalue weighted by Crippen LogP contribution is 2.19. The van der Waals surface area contributed by atoms with E-state index in [1.807, 2.05) is 0 Å². The molecule has 1 aliphatic heterocycles. The van der Waals surface area contributed by atoms with Gasteiger partial charge in [0, 0.05) is 24.3 Å². The fourth-order valence-corrected chi connectivity index (χ4v) is 3.53. The Labute approximate surface area is 135 Å². The highest BCUT2D eigenvalue weighted by atomic mass is 32.2. The minimum absolute atomic E-state index is 0.178. The number of sulfonamides is 1. The molecule has 1 aromatic rings. The van der Waals surface area contributed by atoms with Gasteiger partial charge in [-0.25, -0.2) is 13.1 Å². The fourth-order valence-electron chi connectivity index (χ4n) is 2.40. The molecule has 0 aromatic heterocycles. The van der Waals surface area contributed by atoms with Crippen molar-refractivity contribution < 1.29 is 18.0 Å². The van der Waals surface area contributed by atoms with E-state index in [0.717, 1.165) is 6.08 Å². The number of anilines is 1. The first-order chi connectivity index (χ1) is 10.9. The smallest absolute Gasteiger partial charge is 0.253 e. The van der Waals surface area contributed by atoms with Gasteiger partial charge in [0.25, 0.3) is 5.91 Å². The maximum atomic E-state index is 12.4. The summed E-state index contributed by atoms with van der Waals surface area (Å²) in [4.78, 5) is 25.1. The molecule has 2 N–H and O–H groups in total. The molecule has 8 heteroatoms. The fraction of sp³-hybridized carbons (Fsp3) is 0.333. The van der Waals surface area contributed by atoms with Crippen molar-refractivity contribution in [2.75, 3.05) is 25.5 Å². The minimum atomic E-state index is -3.37. The van der Waals surface area contributed by atoms with Gasteiger partial charge in [0.1, 0.15) is 0 Å². The second-order valence-corrected chi connectivity index (χ2v) is 7.35. The van der Waals surface area contributed by atoms with Gasteiger partial charge in [0.05, 0.1) is 5.25 Å². The largest absolute Gasteiger partial charge is 0.337 e. The number of rotatable bonds is 5. The zero-order valence-corrected chi connectivity index (χ0v) is 13.6. The third-order valence-electron chi connectivity index (χ3n) is 3.74. The molecule has 124 valence electrons. The zero-order valence-electron chi connectivity index (χ0n) is 12.8. The summed E-state index contributed by atoms with van der Waals surface area (Å²) in [6.07, 6.45) is 1.58. The standard InChI is InChI=1S/C15H19N3O4S/c1-3-14(19)17-12-6-4-11(5-7-12)15(20)18-9-8-13(10-18)23(21,22)16-2/h3-7,13,16H,1,8-10H2,2H3,(H,17,19). The van der Waals surface area contributed by atoms with E-state index in [9.17, 15) is 18.0 Å². The minimum Gasteiger partial charge on any atom is -0.337 e. The molecule has 0 radical (unpaired) electrons. The molecule has 23 heavy (non-hydrogen) atoms. The lowest BCUT2D eigenvalue weighted by atomic mass is 10.2. The van der Waals surface area contributed by atoms with Gasteiger partial charge in [-0.15, -0.1) is 0 Å². The molecule has 0 spiro atoms. The van der Waals surface area contributed by atoms with Crippen molar-refractivity contribution in [3.05, 3.63) is 42.5 Å². The van der Waals surface area contributed by atoms with Crippen LogP contribution < -0.4 is 10.0 Å². The molecule has 2 rings (SSSR count). The maximum absolute atomic E-state index is 12.4. The Bertz CT molecular complexity index is 713. The second kappa shape index (κ2) is 6.93. The van der Waals surface area contributed by atoms with Gasteiger partial charge < -0.3 is 10.2 Å². The van der Waals surface area contributed by atoms with E-state index in [-0.39, 0.29) is 18.4 Å². The Kier molecular flexibility index (Phi) is 5.17. The number of nitrogens with one attached hydrogen (secondary N) is 2. The van der Waals surface area contributed by atoms with E-state index >= 15 is 0 Å². The average molecular weight is 337 g/mol. The van der Waals surface area contributed by atoms with Gasteiger partial charge in [-0.3, -0.25) is 9.59 Å². The van der Waals surface area contributed by atoms with Crippen molar-refractivity contribution in [3.8, 4) is 0 Å². The van der Waals surface area contributed by atoms with Gasteiger partial charge in [0.2, 0.25) is 15.9 Å². The third kappa shape index (κ3) is 3.96. The normalized spacial score (nSPS) is 17.8. The Hall–Kier alpha value is -2.19. The van der Waals surface area contributed by atoms with Gasteiger partial charge in [-0.05, 0) is 43.8 Å². The summed E-state index contributed by atoms with van der Waals surface area (Å²) in [5.74, 6) is -0.552. The molecule has 0 saturated carbocycles. The van der Waals surface area contributed by atoms with Crippen LogP contribution in [0, 0.1) is 0 Å². The monoisotopic (exact) mass is 337 g/mol. The SMILES string of the molecule is C=CC(=O)Nc1ccc(C(=O)N2CCC(S(=O)(=O)NC)C2)cc1. The summed E-state index contributed by atoms with van der Waals surface area (Å²) < 4.78 is 25.9. The quantitative estimate of drug-likeness (QED) is 0.768. The molecular weight excluding hydrogens is 318 g/mol. The van der Waals surface area contributed by atoms with Crippen LogP contribution in [-0.4, -0.2) is 50.5 Å². The first-order valence-electron chi connectivity index (χ1n) is 7.12. The van der Waals surface area contributed by atoms with Crippen molar-refractivity contribution in [3.63, 3.8) is 0 Å². The van der Waals surface area contributed by atoms with Gasteiger partial charge in [0.15, 0.2) is 0 Å². The van der Waals surface area contributed by atoms with Crippen LogP contribution in [0.25, 0.3) is 0 Å². The van der Waals surface area contributed by atoms with Crippen LogP contribution >= 0.6 is 0 Å². The molecule has 1 fully saturated rings. The van der Waals surface area contributed by atoms with Gasteiger partial charge in [-0.1, -0.05) is 6.58 Å². The molecule has 2 amide bonds. The van der Waals surface area contributed by atoms with E-state index in [1.165, 1.54) is 11.9 Å². The predicted octanol–water partition coefficient (Wildman–Crippen LogP) is 0.575. The van der Waals surface area contributed by atoms with Crippen LogP contribution in [0.1, 0.15) is 16.8 Å². The average Bonchev–Trinajstić information content (AvgIpc) is 3.05. The predicted molar refractivity (Wildman–Crippen MR) is 87.6 cm³/mol. The van der Waals surface area contributed by atoms with E-state index in [0.29, 0.717) is 24.2 Å². The Morgan fingerprint density at radius 2 is 1.96 bits per heavy atom. The van der Waals surface area contributed by atoms with Crippen molar-refractivity contribution in [2.24, 2.45) is 0 Å². The number of carbonyl (C=O) groups is 2. The first kappa shape index (κ1) is 17.2. The molecule has 0 aliphatic carbocycles. The molecule has 1 aromatic carbocycles. The van der Waals surface area contributed by atoms with Crippen LogP contribution in [0.3, 0.4) is 0 Å². The molecule has 1 aliphatic rings. The number of hydrogen-bond acceptors (Lipinski definition) is 4. The van der Waals surface area contributed by atoms with E-state index in [2.05, 4.69) is 16.6 Å². The highest BCUT2D eigenvalue weighted by Gasteiger charge is 2.34. The first-order valence-corrected chi connectivity index (χ1v) is 8.67. The Balaban J connectivity index is 2.04. The summed E-state index contributed by atoms with van der Waals surface area (Å²) in [7, 11) is -2.00. The van der Waals surface area contributed by atoms with Gasteiger partial charge in [-0.2, -0.15) is 0 Å². The number of amides is 2. The van der Waals surface area contributed by atoms with E-state index in [1.54, 1.807) is 24.3 Å². The number of nitrogens with zero attached hydrogens (tertiary/aromatic N) is 1. The van der Waals surface area contributed by atoms with Crippen molar-refractivity contribution in [2.45, 2.75) is 11.7 Å². The summed E-state index contributed by atoms with van der Waals surface area (Å²) in [5.41, 5.74) is 1.01. The van der Waals surface area contributed by atoms with E-state index < -0.39 is 15.3 Å². The molecule has 1 atom stereocenters. The van der Waals surface area contributed by atoms with Gasteiger partial charge >= 0.3 is 0 Å². The Morgan fingerprint density at radius 3 is 2.52 bits per heavy atom. The molecule has 7 nitrogen and oxygen atoms in total. The van der Waals surface area contributed by atoms with Crippen LogP contribution in [0.5, 0.6) is 0 Å². The number of hydrogen-bond donors (Lipinski definition) is 2. The lowest BCUT2D eigenvalue weighted by Gasteiger charge is -2.17. The van der Waals surface area contributed by atoms with Crippen LogP contribution in [-0.2, 0) is 14.8 Å². The summed E-state index contributed by atoms with van der Waals surface area (Å²) >= 11 is 0. The van der Waals surface area contributed by atoms with Crippen LogP contribution in [0.15, 0.2) is 36.9 Å². The third-order valence-corrected chi connectivity index (χ3v) is 5.57. The molecule has 1 saturated heterocycles. The van der Waals surface area contributed by atoms with Crippen molar-refractivity contribution in [1.82, 2.24) is 9.62 Å². The summed E-state index contributed by atoms with van der Waals surface area (Å²) in [6, 6.07) is 6.43.